The zero-order valence-electron chi connectivity index (χ0n) is 18.7. The minimum Gasteiger partial charge on any atom is -0.493 e. The summed E-state index contributed by atoms with van der Waals surface area (Å²) in [4.78, 5) is 16.4. The molecule has 0 unspecified atom stereocenters. The van der Waals surface area contributed by atoms with Gasteiger partial charge in [0.05, 0.1) is 31.7 Å². The maximum atomic E-state index is 12.9. The van der Waals surface area contributed by atoms with Crippen LogP contribution in [0.1, 0.15) is 22.0 Å². The first-order valence-electron chi connectivity index (χ1n) is 10.4. The minimum absolute atomic E-state index is 0.0957. The number of benzene rings is 2. The Hall–Kier alpha value is -2.88. The molecule has 33 heavy (non-hydrogen) atoms. The van der Waals surface area contributed by atoms with Gasteiger partial charge in [-0.05, 0) is 59.3 Å². The number of fused-ring (bicyclic) bond motifs is 1. The van der Waals surface area contributed by atoms with Gasteiger partial charge < -0.3 is 14.8 Å². The van der Waals surface area contributed by atoms with E-state index in [2.05, 4.69) is 16.3 Å². The van der Waals surface area contributed by atoms with E-state index in [4.69, 9.17) is 9.47 Å². The first-order valence-corrected chi connectivity index (χ1v) is 13.2. The predicted molar refractivity (Wildman–Crippen MR) is 129 cm³/mol. The molecule has 1 aromatic heterocycles. The van der Waals surface area contributed by atoms with E-state index in [1.165, 1.54) is 17.7 Å². The second kappa shape index (κ2) is 9.54. The molecule has 2 aromatic carbocycles. The number of methoxy groups -OCH3 is 2. The smallest absolute Gasteiger partial charge is 0.238 e. The molecule has 4 rings (SSSR count). The Balaban J connectivity index is 1.61. The Morgan fingerprint density at radius 1 is 1.12 bits per heavy atom. The highest BCUT2D eigenvalue weighted by Crippen LogP contribution is 2.42. The van der Waals surface area contributed by atoms with Crippen LogP contribution in [0, 0.1) is 0 Å². The molecule has 7 nitrogen and oxygen atoms in total. The van der Waals surface area contributed by atoms with Crippen molar-refractivity contribution in [3.8, 4) is 11.5 Å². The van der Waals surface area contributed by atoms with E-state index in [0.717, 1.165) is 23.1 Å². The fourth-order valence-electron chi connectivity index (χ4n) is 4.14. The summed E-state index contributed by atoms with van der Waals surface area (Å²) >= 11 is 1.64. The molecule has 9 heteroatoms. The second-order valence-electron chi connectivity index (χ2n) is 7.89. The summed E-state index contributed by atoms with van der Waals surface area (Å²) < 4.78 is 34.7. The first kappa shape index (κ1) is 23.3. The lowest BCUT2D eigenvalue weighted by atomic mass is 9.91. The van der Waals surface area contributed by atoms with Gasteiger partial charge in [0.25, 0.3) is 0 Å². The summed E-state index contributed by atoms with van der Waals surface area (Å²) in [6.07, 6.45) is 1.92. The van der Waals surface area contributed by atoms with Crippen molar-refractivity contribution in [1.82, 2.24) is 4.90 Å². The second-order valence-corrected chi connectivity index (χ2v) is 10.9. The van der Waals surface area contributed by atoms with Gasteiger partial charge >= 0.3 is 0 Å². The van der Waals surface area contributed by atoms with Gasteiger partial charge in [0, 0.05) is 23.4 Å². The lowest BCUT2D eigenvalue weighted by Crippen LogP contribution is -2.40. The van der Waals surface area contributed by atoms with Crippen LogP contribution in [0.3, 0.4) is 0 Å². The van der Waals surface area contributed by atoms with E-state index < -0.39 is 9.84 Å². The van der Waals surface area contributed by atoms with E-state index in [0.29, 0.717) is 23.7 Å². The summed E-state index contributed by atoms with van der Waals surface area (Å²) in [5.74, 6) is 1.14. The molecular weight excluding hydrogens is 460 g/mol. The van der Waals surface area contributed by atoms with E-state index in [9.17, 15) is 13.2 Å². The Morgan fingerprint density at radius 2 is 1.88 bits per heavy atom. The molecule has 1 N–H and O–H groups in total. The van der Waals surface area contributed by atoms with Crippen molar-refractivity contribution in [3.05, 3.63) is 69.9 Å². The van der Waals surface area contributed by atoms with Crippen LogP contribution in [0.4, 0.5) is 5.69 Å². The lowest BCUT2D eigenvalue weighted by molar-refractivity contribution is -0.117. The highest BCUT2D eigenvalue weighted by molar-refractivity contribution is 7.90. The molecule has 0 saturated heterocycles. The maximum absolute atomic E-state index is 12.9. The third kappa shape index (κ3) is 5.05. The highest BCUT2D eigenvalue weighted by Gasteiger charge is 2.32. The molecule has 0 fully saturated rings. The number of ether oxygens (including phenoxy) is 2. The molecule has 0 saturated carbocycles. The molecule has 0 spiro atoms. The van der Waals surface area contributed by atoms with Crippen LogP contribution in [0.5, 0.6) is 11.5 Å². The molecule has 1 atom stereocenters. The van der Waals surface area contributed by atoms with Crippen molar-refractivity contribution in [1.29, 1.82) is 0 Å². The van der Waals surface area contributed by atoms with Crippen LogP contribution in [-0.2, 0) is 21.1 Å². The van der Waals surface area contributed by atoms with E-state index in [1.54, 1.807) is 37.7 Å². The van der Waals surface area contributed by atoms with Crippen LogP contribution >= 0.6 is 11.3 Å². The number of amides is 1. The maximum Gasteiger partial charge on any atom is 0.238 e. The van der Waals surface area contributed by atoms with Crippen LogP contribution in [-0.4, -0.2) is 52.8 Å². The molecule has 174 valence electrons. The van der Waals surface area contributed by atoms with Gasteiger partial charge in [-0.1, -0.05) is 12.1 Å². The topological polar surface area (TPSA) is 84.9 Å². The molecule has 0 aliphatic carbocycles. The number of nitrogens with one attached hydrogen (secondary N) is 1. The monoisotopic (exact) mass is 486 g/mol. The molecule has 2 heterocycles. The number of rotatable bonds is 7. The number of hydrogen-bond acceptors (Lipinski definition) is 7. The SMILES string of the molecule is COc1cc2c(cc1OC)[C@H](c1cccs1)N(CC(=O)Nc1cccc(S(C)(=O)=O)c1)CC2. The summed E-state index contributed by atoms with van der Waals surface area (Å²) in [5, 5.41) is 4.87. The average Bonchev–Trinajstić information content (AvgIpc) is 3.32. The van der Waals surface area contributed by atoms with Gasteiger partial charge in [0.1, 0.15) is 0 Å². The van der Waals surface area contributed by atoms with Gasteiger partial charge in [-0.3, -0.25) is 9.69 Å². The average molecular weight is 487 g/mol. The van der Waals surface area contributed by atoms with Crippen molar-refractivity contribution in [3.63, 3.8) is 0 Å². The normalized spacial score (nSPS) is 16.2. The standard InChI is InChI=1S/C24H26N2O5S2/c1-30-20-12-16-9-10-26(24(22-8-5-11-32-22)19(16)14-21(20)31-2)15-23(27)25-17-6-4-7-18(13-17)33(3,28)29/h4-8,11-14,24H,9-10,15H2,1-3H3,(H,25,27)/t24-/m1/s1. The number of hydrogen-bond donors (Lipinski definition) is 1. The van der Waals surface area contributed by atoms with Crippen LogP contribution in [0.15, 0.2) is 58.8 Å². The molecule has 1 aliphatic rings. The van der Waals surface area contributed by atoms with Crippen molar-refractivity contribution >= 4 is 32.8 Å². The van der Waals surface area contributed by atoms with Crippen LogP contribution in [0.25, 0.3) is 0 Å². The van der Waals surface area contributed by atoms with Crippen LogP contribution in [0.2, 0.25) is 0 Å². The third-order valence-corrected chi connectivity index (χ3v) is 7.71. The summed E-state index contributed by atoms with van der Waals surface area (Å²) in [6, 6.07) is 14.3. The van der Waals surface area contributed by atoms with Crippen molar-refractivity contribution in [2.75, 3.05) is 38.9 Å². The number of nitrogens with zero attached hydrogens (tertiary/aromatic N) is 1. The lowest BCUT2D eigenvalue weighted by Gasteiger charge is -2.37. The fraction of sp³-hybridized carbons (Fsp3) is 0.292. The molecule has 1 aliphatic heterocycles. The largest absolute Gasteiger partial charge is 0.493 e. The first-order chi connectivity index (χ1) is 15.8. The number of sulfone groups is 1. The molecule has 0 radical (unpaired) electrons. The number of carbonyl (C=O) groups is 1. The summed E-state index contributed by atoms with van der Waals surface area (Å²) in [7, 11) is -0.117. The van der Waals surface area contributed by atoms with Gasteiger partial charge in [0.15, 0.2) is 21.3 Å². The summed E-state index contributed by atoms with van der Waals surface area (Å²) in [6.45, 7) is 0.862. The molecule has 3 aromatic rings. The van der Waals surface area contributed by atoms with Gasteiger partial charge in [-0.15, -0.1) is 11.3 Å². The number of thiophene rings is 1. The van der Waals surface area contributed by atoms with Gasteiger partial charge in [-0.25, -0.2) is 8.42 Å². The number of anilines is 1. The van der Waals surface area contributed by atoms with E-state index in [1.807, 2.05) is 23.6 Å². The van der Waals surface area contributed by atoms with Crippen molar-refractivity contribution < 1.29 is 22.7 Å². The Morgan fingerprint density at radius 3 is 2.55 bits per heavy atom. The molecule has 1 amide bonds. The number of carbonyl (C=O) groups excluding carboxylic acids is 1. The van der Waals surface area contributed by atoms with E-state index >= 15 is 0 Å². The predicted octanol–water partition coefficient (Wildman–Crippen LogP) is 3.76. The Kier molecular flexibility index (Phi) is 6.73. The van der Waals surface area contributed by atoms with Crippen LogP contribution < -0.4 is 14.8 Å². The fourth-order valence-corrected chi connectivity index (χ4v) is 5.68. The Bertz CT molecular complexity index is 1260. The van der Waals surface area contributed by atoms with Gasteiger partial charge in [0.2, 0.25) is 5.91 Å². The summed E-state index contributed by atoms with van der Waals surface area (Å²) in [5.41, 5.74) is 2.72. The Labute approximate surface area is 197 Å². The highest BCUT2D eigenvalue weighted by atomic mass is 32.2. The van der Waals surface area contributed by atoms with Crippen molar-refractivity contribution in [2.24, 2.45) is 0 Å². The minimum atomic E-state index is -3.36. The van der Waals surface area contributed by atoms with Crippen molar-refractivity contribution in [2.45, 2.75) is 17.4 Å². The zero-order chi connectivity index (χ0) is 23.6. The molecule has 0 bridgehead atoms. The third-order valence-electron chi connectivity index (χ3n) is 5.68. The van der Waals surface area contributed by atoms with Gasteiger partial charge in [-0.2, -0.15) is 0 Å². The molecular formula is C24H26N2O5S2. The quantitative estimate of drug-likeness (QED) is 0.548. The zero-order valence-corrected chi connectivity index (χ0v) is 20.3. The van der Waals surface area contributed by atoms with E-state index in [-0.39, 0.29) is 23.4 Å².